The first-order valence-corrected chi connectivity index (χ1v) is 8.41. The number of carbonyl (C=O) groups excluding carboxylic acids is 1. The van der Waals surface area contributed by atoms with E-state index in [1.54, 1.807) is 0 Å². The molecule has 1 amide bonds. The maximum Gasteiger partial charge on any atom is 0.265 e. The highest BCUT2D eigenvalue weighted by Crippen LogP contribution is 2.54. The largest absolute Gasteiger partial charge is 0.486 e. The summed E-state index contributed by atoms with van der Waals surface area (Å²) in [6.45, 7) is 6.13. The second-order valence-corrected chi connectivity index (χ2v) is 6.99. The lowest BCUT2D eigenvalue weighted by Gasteiger charge is -2.51. The molecular weight excluding hydrogens is 314 g/mol. The van der Waals surface area contributed by atoms with Crippen LogP contribution in [0.2, 0.25) is 0 Å². The van der Waals surface area contributed by atoms with Crippen LogP contribution in [-0.2, 0) is 10.2 Å². The van der Waals surface area contributed by atoms with E-state index >= 15 is 0 Å². The molecule has 0 bridgehead atoms. The quantitative estimate of drug-likeness (QED) is 0.917. The van der Waals surface area contributed by atoms with Crippen LogP contribution in [0.25, 0.3) is 0 Å². The van der Waals surface area contributed by atoms with Gasteiger partial charge in [-0.15, -0.1) is 0 Å². The minimum Gasteiger partial charge on any atom is -0.486 e. The first-order chi connectivity index (χ1) is 11.9. The topological polar surface area (TPSA) is 67.9 Å². The third-order valence-corrected chi connectivity index (χ3v) is 5.90. The highest BCUT2D eigenvalue weighted by Gasteiger charge is 2.64. The van der Waals surface area contributed by atoms with Crippen molar-refractivity contribution in [3.8, 4) is 5.75 Å². The van der Waals surface area contributed by atoms with Gasteiger partial charge in [-0.05, 0) is 38.5 Å². The number of para-hydroxylation sites is 2. The van der Waals surface area contributed by atoms with Crippen molar-refractivity contribution >= 4 is 17.3 Å². The number of fused-ring (bicyclic) bond motifs is 3. The molecule has 2 aliphatic rings. The average Bonchev–Trinajstić information content (AvgIpc) is 2.87. The van der Waals surface area contributed by atoms with Crippen LogP contribution < -0.4 is 15.5 Å². The number of hydrazone groups is 1. The molecule has 3 atom stereocenters. The van der Waals surface area contributed by atoms with E-state index in [1.165, 1.54) is 0 Å². The number of anilines is 1. The van der Waals surface area contributed by atoms with Gasteiger partial charge in [0, 0.05) is 0 Å². The summed E-state index contributed by atoms with van der Waals surface area (Å²) in [5, 5.41) is 6.62. The fourth-order valence-electron chi connectivity index (χ4n) is 4.17. The van der Waals surface area contributed by atoms with Gasteiger partial charge < -0.3 is 10.5 Å². The fraction of sp³-hybridized carbons (Fsp3) is 0.300. The molecule has 0 spiro atoms. The summed E-state index contributed by atoms with van der Waals surface area (Å²) in [7, 11) is 0. The Balaban J connectivity index is 2.01. The van der Waals surface area contributed by atoms with Gasteiger partial charge in [0.05, 0.1) is 5.41 Å². The third kappa shape index (κ3) is 1.83. The lowest BCUT2D eigenvalue weighted by atomic mass is 9.62. The Hall–Kier alpha value is -2.82. The smallest absolute Gasteiger partial charge is 0.265 e. The summed E-state index contributed by atoms with van der Waals surface area (Å²) in [4.78, 5) is 12.3. The van der Waals surface area contributed by atoms with Crippen molar-refractivity contribution in [1.82, 2.24) is 0 Å². The van der Waals surface area contributed by atoms with Crippen molar-refractivity contribution in [2.45, 2.75) is 37.8 Å². The van der Waals surface area contributed by atoms with Crippen LogP contribution in [0.1, 0.15) is 26.3 Å². The van der Waals surface area contributed by atoms with Crippen LogP contribution in [0.4, 0.5) is 5.69 Å². The van der Waals surface area contributed by atoms with Gasteiger partial charge in [-0.25, -0.2) is 0 Å². The molecule has 2 heterocycles. The Morgan fingerprint density at radius 2 is 1.76 bits per heavy atom. The summed E-state index contributed by atoms with van der Waals surface area (Å²) in [6, 6.07) is 17.7. The zero-order valence-corrected chi connectivity index (χ0v) is 14.6. The Morgan fingerprint density at radius 3 is 2.44 bits per heavy atom. The van der Waals surface area contributed by atoms with Gasteiger partial charge in [0.15, 0.2) is 0 Å². The first-order valence-electron chi connectivity index (χ1n) is 8.41. The summed E-state index contributed by atoms with van der Waals surface area (Å²) in [6.07, 6.45) is -0.201. The third-order valence-electron chi connectivity index (χ3n) is 5.90. The molecule has 5 nitrogen and oxygen atoms in total. The van der Waals surface area contributed by atoms with E-state index in [4.69, 9.17) is 15.6 Å². The number of nitrogens with two attached hydrogens (primary N) is 1. The summed E-state index contributed by atoms with van der Waals surface area (Å²) < 4.78 is 6.23. The number of hydrogen-bond acceptors (Lipinski definition) is 4. The number of ether oxygens (including phenoxy) is 1. The first kappa shape index (κ1) is 15.7. The molecule has 2 aromatic carbocycles. The van der Waals surface area contributed by atoms with Gasteiger partial charge in [0.25, 0.3) is 5.91 Å². The number of benzene rings is 2. The van der Waals surface area contributed by atoms with Crippen molar-refractivity contribution in [1.29, 1.82) is 0 Å². The monoisotopic (exact) mass is 335 g/mol. The second kappa shape index (κ2) is 5.09. The molecule has 25 heavy (non-hydrogen) atoms. The number of amides is 1. The lowest BCUT2D eigenvalue weighted by Crippen LogP contribution is -2.66. The molecule has 2 aliphatic heterocycles. The van der Waals surface area contributed by atoms with Crippen LogP contribution in [0.5, 0.6) is 5.75 Å². The Labute approximate surface area is 147 Å². The van der Waals surface area contributed by atoms with E-state index in [9.17, 15) is 4.79 Å². The van der Waals surface area contributed by atoms with Crippen molar-refractivity contribution < 1.29 is 9.53 Å². The number of hydrogen-bond donors (Lipinski definition) is 1. The van der Waals surface area contributed by atoms with E-state index in [2.05, 4.69) is 6.92 Å². The van der Waals surface area contributed by atoms with Crippen molar-refractivity contribution in [2.24, 2.45) is 10.8 Å². The normalized spacial score (nSPS) is 30.1. The maximum absolute atomic E-state index is 12.3. The van der Waals surface area contributed by atoms with Gasteiger partial charge in [0.2, 0.25) is 0 Å². The van der Waals surface area contributed by atoms with Gasteiger partial charge in [-0.3, -0.25) is 9.80 Å². The van der Waals surface area contributed by atoms with Gasteiger partial charge >= 0.3 is 0 Å². The van der Waals surface area contributed by atoms with Crippen molar-refractivity contribution in [3.05, 3.63) is 60.2 Å². The van der Waals surface area contributed by atoms with E-state index < -0.39 is 16.9 Å². The van der Waals surface area contributed by atoms with E-state index in [1.807, 2.05) is 73.5 Å². The SMILES string of the molecule is CC1Oc2ccccc2N2N=C(C(N)=O)C(C)(c3ccccc3)C12C. The Morgan fingerprint density at radius 1 is 1.12 bits per heavy atom. The van der Waals surface area contributed by atoms with Crippen LogP contribution in [0.3, 0.4) is 0 Å². The van der Waals surface area contributed by atoms with Crippen LogP contribution in [-0.4, -0.2) is 23.3 Å². The minimum atomic E-state index is -0.701. The molecular formula is C20H21N3O2. The molecule has 2 aromatic rings. The minimum absolute atomic E-state index is 0.201. The van der Waals surface area contributed by atoms with E-state index in [-0.39, 0.29) is 6.10 Å². The van der Waals surface area contributed by atoms with Crippen molar-refractivity contribution in [3.63, 3.8) is 0 Å². The standard InChI is InChI=1S/C20H21N3O2/c1-13-20(3)19(2,14-9-5-4-6-10-14)17(18(21)24)22-23(20)15-11-7-8-12-16(15)25-13/h4-13H,1-3H3,(H2,21,24). The number of nitrogens with zero attached hydrogens (tertiary/aromatic N) is 2. The Kier molecular flexibility index (Phi) is 3.19. The van der Waals surface area contributed by atoms with Gasteiger partial charge in [-0.1, -0.05) is 42.5 Å². The van der Waals surface area contributed by atoms with Gasteiger partial charge in [0.1, 0.15) is 28.8 Å². The van der Waals surface area contributed by atoms with E-state index in [0.29, 0.717) is 5.71 Å². The molecule has 128 valence electrons. The fourth-order valence-corrected chi connectivity index (χ4v) is 4.17. The summed E-state index contributed by atoms with van der Waals surface area (Å²) in [5.74, 6) is 0.254. The summed E-state index contributed by atoms with van der Waals surface area (Å²) >= 11 is 0. The maximum atomic E-state index is 12.3. The molecule has 0 aromatic heterocycles. The summed E-state index contributed by atoms with van der Waals surface area (Å²) in [5.41, 5.74) is 6.66. The van der Waals surface area contributed by atoms with Crippen LogP contribution in [0, 0.1) is 0 Å². The molecule has 0 saturated carbocycles. The van der Waals surface area contributed by atoms with Gasteiger partial charge in [-0.2, -0.15) is 5.10 Å². The zero-order chi connectivity index (χ0) is 17.8. The average molecular weight is 335 g/mol. The van der Waals surface area contributed by atoms with Crippen LogP contribution >= 0.6 is 0 Å². The molecule has 4 rings (SSSR count). The molecule has 0 radical (unpaired) electrons. The molecule has 2 N–H and O–H groups in total. The van der Waals surface area contributed by atoms with Crippen molar-refractivity contribution in [2.75, 3.05) is 5.01 Å². The Bertz CT molecular complexity index is 880. The molecule has 3 unspecified atom stereocenters. The number of rotatable bonds is 2. The predicted octanol–water partition coefficient (Wildman–Crippen LogP) is 2.85. The number of primary amides is 1. The van der Waals surface area contributed by atoms with E-state index in [0.717, 1.165) is 17.0 Å². The highest BCUT2D eigenvalue weighted by molar-refractivity contribution is 6.43. The molecule has 0 fully saturated rings. The zero-order valence-electron chi connectivity index (χ0n) is 14.6. The second-order valence-electron chi connectivity index (χ2n) is 6.99. The predicted molar refractivity (Wildman–Crippen MR) is 97.8 cm³/mol. The number of carbonyl (C=O) groups is 1. The van der Waals surface area contributed by atoms with Crippen LogP contribution in [0.15, 0.2) is 59.7 Å². The molecule has 5 heteroatoms. The molecule has 0 saturated heterocycles. The molecule has 0 aliphatic carbocycles. The lowest BCUT2D eigenvalue weighted by molar-refractivity contribution is -0.112. The highest BCUT2D eigenvalue weighted by atomic mass is 16.5.